The van der Waals surface area contributed by atoms with E-state index in [4.69, 9.17) is 0 Å². The molecular formula is C18H25N5O2. The Balaban J connectivity index is 1.51. The van der Waals surface area contributed by atoms with Gasteiger partial charge in [-0.25, -0.2) is 4.79 Å². The van der Waals surface area contributed by atoms with Gasteiger partial charge in [0.1, 0.15) is 5.69 Å². The van der Waals surface area contributed by atoms with E-state index in [-0.39, 0.29) is 11.6 Å². The number of nitrogens with one attached hydrogen (secondary N) is 2. The SMILES string of the molecule is CC(C)Cc1cc(C(=O)NCCCn2nccc2C2CC2)nc(=O)[nH]1. The Morgan fingerprint density at radius 2 is 2.24 bits per heavy atom. The highest BCUT2D eigenvalue weighted by Crippen LogP contribution is 2.39. The van der Waals surface area contributed by atoms with Gasteiger partial charge in [-0.05, 0) is 43.7 Å². The van der Waals surface area contributed by atoms with Gasteiger partial charge in [0.25, 0.3) is 5.91 Å². The molecule has 134 valence electrons. The average Bonchev–Trinajstić information content (AvgIpc) is 3.29. The van der Waals surface area contributed by atoms with E-state index in [1.165, 1.54) is 18.5 Å². The van der Waals surface area contributed by atoms with Gasteiger partial charge in [0.2, 0.25) is 0 Å². The van der Waals surface area contributed by atoms with E-state index in [9.17, 15) is 9.59 Å². The third-order valence-electron chi connectivity index (χ3n) is 4.24. The molecule has 0 bridgehead atoms. The molecule has 0 aliphatic heterocycles. The minimum Gasteiger partial charge on any atom is -0.351 e. The molecule has 0 unspecified atom stereocenters. The van der Waals surface area contributed by atoms with Crippen molar-refractivity contribution in [3.8, 4) is 0 Å². The predicted octanol–water partition coefficient (Wildman–Crippen LogP) is 1.86. The van der Waals surface area contributed by atoms with Gasteiger partial charge >= 0.3 is 5.69 Å². The van der Waals surface area contributed by atoms with Gasteiger partial charge in [0.05, 0.1) is 0 Å². The van der Waals surface area contributed by atoms with Crippen molar-refractivity contribution >= 4 is 5.91 Å². The van der Waals surface area contributed by atoms with Crippen LogP contribution in [-0.4, -0.2) is 32.2 Å². The molecule has 2 aromatic heterocycles. The van der Waals surface area contributed by atoms with Crippen molar-refractivity contribution in [1.82, 2.24) is 25.1 Å². The van der Waals surface area contributed by atoms with Crippen molar-refractivity contribution in [2.24, 2.45) is 5.92 Å². The number of aryl methyl sites for hydroxylation is 1. The Bertz CT molecular complexity index is 789. The van der Waals surface area contributed by atoms with Gasteiger partial charge in [-0.1, -0.05) is 13.8 Å². The van der Waals surface area contributed by atoms with Crippen molar-refractivity contribution in [1.29, 1.82) is 0 Å². The lowest BCUT2D eigenvalue weighted by atomic mass is 10.1. The smallest absolute Gasteiger partial charge is 0.345 e. The summed E-state index contributed by atoms with van der Waals surface area (Å²) in [6, 6.07) is 3.74. The normalized spacial score (nSPS) is 14.0. The van der Waals surface area contributed by atoms with Crippen LogP contribution in [-0.2, 0) is 13.0 Å². The molecule has 0 spiro atoms. The number of rotatable bonds is 8. The second-order valence-corrected chi connectivity index (χ2v) is 7.06. The molecule has 1 amide bonds. The first-order chi connectivity index (χ1) is 12.0. The highest BCUT2D eigenvalue weighted by atomic mass is 16.2. The Hall–Kier alpha value is -2.44. The van der Waals surface area contributed by atoms with Gasteiger partial charge in [-0.3, -0.25) is 9.48 Å². The predicted molar refractivity (Wildman–Crippen MR) is 94.6 cm³/mol. The topological polar surface area (TPSA) is 92.7 Å². The largest absolute Gasteiger partial charge is 0.351 e. The van der Waals surface area contributed by atoms with E-state index in [1.54, 1.807) is 6.07 Å². The molecular weight excluding hydrogens is 318 g/mol. The lowest BCUT2D eigenvalue weighted by molar-refractivity contribution is 0.0947. The fourth-order valence-corrected chi connectivity index (χ4v) is 2.95. The fraction of sp³-hybridized carbons (Fsp3) is 0.556. The molecule has 1 aliphatic carbocycles. The minimum atomic E-state index is -0.478. The number of carbonyl (C=O) groups excluding carboxylic acids is 1. The average molecular weight is 343 g/mol. The summed E-state index contributed by atoms with van der Waals surface area (Å²) in [5.41, 5.74) is 1.73. The lowest BCUT2D eigenvalue weighted by Crippen LogP contribution is -2.29. The highest BCUT2D eigenvalue weighted by Gasteiger charge is 2.26. The van der Waals surface area contributed by atoms with Gasteiger partial charge in [-0.2, -0.15) is 10.1 Å². The standard InChI is InChI=1S/C18H25N5O2/c1-12(2)10-14-11-15(22-18(25)21-14)17(24)19-7-3-9-23-16(6-8-20-23)13-4-5-13/h6,8,11-13H,3-5,7,9-10H2,1-2H3,(H,19,24)(H,21,22,25). The molecule has 2 aromatic rings. The number of nitrogens with zero attached hydrogens (tertiary/aromatic N) is 3. The van der Waals surface area contributed by atoms with E-state index >= 15 is 0 Å². The van der Waals surface area contributed by atoms with Crippen LogP contribution in [0.1, 0.15) is 60.9 Å². The van der Waals surface area contributed by atoms with E-state index in [2.05, 4.69) is 40.3 Å². The fourth-order valence-electron chi connectivity index (χ4n) is 2.95. The summed E-state index contributed by atoms with van der Waals surface area (Å²) in [5, 5.41) is 7.19. The number of carbonyl (C=O) groups is 1. The molecule has 3 rings (SSSR count). The Labute approximate surface area is 146 Å². The molecule has 0 atom stereocenters. The van der Waals surface area contributed by atoms with Crippen LogP contribution in [0.25, 0.3) is 0 Å². The van der Waals surface area contributed by atoms with Gasteiger partial charge in [-0.15, -0.1) is 0 Å². The summed E-state index contributed by atoms with van der Waals surface area (Å²) < 4.78 is 2.02. The number of aromatic amines is 1. The Kier molecular flexibility index (Phi) is 5.31. The Morgan fingerprint density at radius 3 is 2.96 bits per heavy atom. The molecule has 1 aliphatic rings. The number of hydrogen-bond acceptors (Lipinski definition) is 4. The molecule has 7 nitrogen and oxygen atoms in total. The zero-order chi connectivity index (χ0) is 17.8. The van der Waals surface area contributed by atoms with Gasteiger partial charge < -0.3 is 10.3 Å². The molecule has 2 N–H and O–H groups in total. The van der Waals surface area contributed by atoms with Crippen molar-refractivity contribution in [2.75, 3.05) is 6.54 Å². The van der Waals surface area contributed by atoms with Gasteiger partial charge in [0.15, 0.2) is 0 Å². The van der Waals surface area contributed by atoms with Crippen LogP contribution >= 0.6 is 0 Å². The number of H-pyrrole nitrogens is 1. The van der Waals surface area contributed by atoms with Crippen LogP contribution in [0.5, 0.6) is 0 Å². The van der Waals surface area contributed by atoms with Crippen LogP contribution in [0.3, 0.4) is 0 Å². The van der Waals surface area contributed by atoms with E-state index < -0.39 is 5.69 Å². The maximum atomic E-state index is 12.2. The third-order valence-corrected chi connectivity index (χ3v) is 4.24. The van der Waals surface area contributed by atoms with Crippen LogP contribution in [0, 0.1) is 5.92 Å². The molecule has 25 heavy (non-hydrogen) atoms. The van der Waals surface area contributed by atoms with E-state index in [1.807, 2.05) is 10.9 Å². The van der Waals surface area contributed by atoms with Gasteiger partial charge in [0, 0.05) is 36.6 Å². The summed E-state index contributed by atoms with van der Waals surface area (Å²) in [6.07, 6.45) is 5.82. The molecule has 0 aromatic carbocycles. The quantitative estimate of drug-likeness (QED) is 0.716. The molecule has 1 saturated carbocycles. The molecule has 0 saturated heterocycles. The van der Waals surface area contributed by atoms with Crippen LogP contribution in [0.4, 0.5) is 0 Å². The summed E-state index contributed by atoms with van der Waals surface area (Å²) in [7, 11) is 0. The second-order valence-electron chi connectivity index (χ2n) is 7.06. The third kappa shape index (κ3) is 4.78. The molecule has 1 fully saturated rings. The zero-order valence-corrected chi connectivity index (χ0v) is 14.8. The summed E-state index contributed by atoms with van der Waals surface area (Å²) >= 11 is 0. The maximum Gasteiger partial charge on any atom is 0.345 e. The number of hydrogen-bond donors (Lipinski definition) is 2. The summed E-state index contributed by atoms with van der Waals surface area (Å²) in [5.74, 6) is 0.749. The first-order valence-electron chi connectivity index (χ1n) is 8.93. The van der Waals surface area contributed by atoms with Crippen molar-refractivity contribution < 1.29 is 4.79 Å². The maximum absolute atomic E-state index is 12.2. The zero-order valence-electron chi connectivity index (χ0n) is 14.8. The monoisotopic (exact) mass is 343 g/mol. The van der Waals surface area contributed by atoms with Crippen LogP contribution in [0.15, 0.2) is 23.1 Å². The highest BCUT2D eigenvalue weighted by molar-refractivity contribution is 5.92. The summed E-state index contributed by atoms with van der Waals surface area (Å²) in [4.78, 5) is 30.3. The lowest BCUT2D eigenvalue weighted by Gasteiger charge is -2.09. The molecule has 7 heteroatoms. The van der Waals surface area contributed by atoms with Crippen LogP contribution in [0.2, 0.25) is 0 Å². The number of amides is 1. The second kappa shape index (κ2) is 7.63. The van der Waals surface area contributed by atoms with Crippen molar-refractivity contribution in [3.63, 3.8) is 0 Å². The minimum absolute atomic E-state index is 0.178. The number of aromatic nitrogens is 4. The van der Waals surface area contributed by atoms with Crippen molar-refractivity contribution in [3.05, 3.63) is 45.9 Å². The first kappa shape index (κ1) is 17.4. The molecule has 2 heterocycles. The molecule has 0 radical (unpaired) electrons. The van der Waals surface area contributed by atoms with Crippen LogP contribution < -0.4 is 11.0 Å². The van der Waals surface area contributed by atoms with E-state index in [0.29, 0.717) is 24.8 Å². The first-order valence-corrected chi connectivity index (χ1v) is 8.93. The van der Waals surface area contributed by atoms with E-state index in [0.717, 1.165) is 18.7 Å². The van der Waals surface area contributed by atoms with Crippen molar-refractivity contribution in [2.45, 2.75) is 52.0 Å². The summed E-state index contributed by atoms with van der Waals surface area (Å²) in [6.45, 7) is 5.42. The Morgan fingerprint density at radius 1 is 1.44 bits per heavy atom.